The number of thioether (sulfide) groups is 1. The first-order valence-electron chi connectivity index (χ1n) is 7.61. The van der Waals surface area contributed by atoms with Crippen molar-refractivity contribution in [2.24, 2.45) is 0 Å². The van der Waals surface area contributed by atoms with E-state index in [1.54, 1.807) is 41.5 Å². The highest BCUT2D eigenvalue weighted by molar-refractivity contribution is 7.98. The van der Waals surface area contributed by atoms with Crippen LogP contribution in [0.25, 0.3) is 16.3 Å². The normalized spacial score (nSPS) is 10.9. The third kappa shape index (κ3) is 3.63. The fourth-order valence-electron chi connectivity index (χ4n) is 2.37. The van der Waals surface area contributed by atoms with E-state index in [9.17, 15) is 0 Å². The first-order chi connectivity index (χ1) is 12.3. The predicted octanol–water partition coefficient (Wildman–Crippen LogP) is 5.36. The number of methoxy groups -OCH3 is 1. The summed E-state index contributed by atoms with van der Waals surface area (Å²) in [6.45, 7) is 0. The van der Waals surface area contributed by atoms with Gasteiger partial charge in [0.1, 0.15) is 10.8 Å². The highest BCUT2D eigenvalue weighted by Gasteiger charge is 2.09. The molecular weight excluding hydrogens is 370 g/mol. The quantitative estimate of drug-likeness (QED) is 0.419. The van der Waals surface area contributed by atoms with Gasteiger partial charge in [0, 0.05) is 40.2 Å². The number of ether oxygens (including phenoxy) is 1. The van der Waals surface area contributed by atoms with Crippen molar-refractivity contribution in [1.29, 1.82) is 0 Å². The molecule has 25 heavy (non-hydrogen) atoms. The van der Waals surface area contributed by atoms with Gasteiger partial charge in [0.05, 0.1) is 12.8 Å². The average Bonchev–Trinajstić information content (AvgIpc) is 3.40. The van der Waals surface area contributed by atoms with Crippen molar-refractivity contribution in [3.63, 3.8) is 0 Å². The lowest BCUT2D eigenvalue weighted by Crippen LogP contribution is -1.95. The summed E-state index contributed by atoms with van der Waals surface area (Å²) < 4.78 is 7.30. The molecule has 0 saturated carbocycles. The summed E-state index contributed by atoms with van der Waals surface area (Å²) >= 11 is 5.08. The van der Waals surface area contributed by atoms with Crippen molar-refractivity contribution in [3.05, 3.63) is 64.6 Å². The van der Waals surface area contributed by atoms with E-state index in [2.05, 4.69) is 31.8 Å². The first kappa shape index (κ1) is 16.4. The molecule has 4 aromatic rings. The van der Waals surface area contributed by atoms with Crippen LogP contribution in [0.15, 0.2) is 64.0 Å². The van der Waals surface area contributed by atoms with Crippen molar-refractivity contribution in [2.75, 3.05) is 7.11 Å². The van der Waals surface area contributed by atoms with Crippen molar-refractivity contribution in [1.82, 2.24) is 14.5 Å². The minimum Gasteiger partial charge on any atom is -0.497 e. The second-order valence-corrected chi connectivity index (χ2v) is 7.80. The van der Waals surface area contributed by atoms with Gasteiger partial charge >= 0.3 is 0 Å². The van der Waals surface area contributed by atoms with Gasteiger partial charge < -0.3 is 4.74 Å². The largest absolute Gasteiger partial charge is 0.497 e. The van der Waals surface area contributed by atoms with Crippen molar-refractivity contribution >= 4 is 34.4 Å². The van der Waals surface area contributed by atoms with E-state index in [4.69, 9.17) is 9.72 Å². The Morgan fingerprint density at radius 3 is 2.80 bits per heavy atom. The molecule has 4 nitrogen and oxygen atoms in total. The Labute approximate surface area is 158 Å². The van der Waals surface area contributed by atoms with Crippen LogP contribution in [0.5, 0.6) is 5.75 Å². The average molecular weight is 386 g/mol. The molecular formula is C18H15N3OS3. The summed E-state index contributed by atoms with van der Waals surface area (Å²) in [5.74, 6) is 1.65. The third-order valence-corrected chi connectivity index (χ3v) is 6.25. The van der Waals surface area contributed by atoms with Gasteiger partial charge in [0.15, 0.2) is 5.16 Å². The Balaban J connectivity index is 1.48. The van der Waals surface area contributed by atoms with Crippen LogP contribution in [0.4, 0.5) is 0 Å². The molecule has 0 N–H and O–H groups in total. The number of nitrogens with zero attached hydrogens (tertiary/aromatic N) is 3. The molecule has 0 saturated heterocycles. The Morgan fingerprint density at radius 2 is 2.04 bits per heavy atom. The lowest BCUT2D eigenvalue weighted by molar-refractivity contribution is 0.414. The number of benzene rings is 1. The molecule has 4 rings (SSSR count). The van der Waals surface area contributed by atoms with Crippen LogP contribution in [0.1, 0.15) is 5.69 Å². The van der Waals surface area contributed by atoms with Crippen molar-refractivity contribution in [2.45, 2.75) is 10.9 Å². The molecule has 0 radical (unpaired) electrons. The van der Waals surface area contributed by atoms with E-state index in [-0.39, 0.29) is 0 Å². The minimum absolute atomic E-state index is 0.799. The molecule has 0 bridgehead atoms. The predicted molar refractivity (Wildman–Crippen MR) is 105 cm³/mol. The fraction of sp³-hybridized carbons (Fsp3) is 0.111. The Bertz CT molecular complexity index is 942. The minimum atomic E-state index is 0.799. The molecule has 3 heterocycles. The second-order valence-electron chi connectivity index (χ2n) is 5.22. The van der Waals surface area contributed by atoms with Crippen molar-refractivity contribution in [3.8, 4) is 22.0 Å². The summed E-state index contributed by atoms with van der Waals surface area (Å²) in [5.41, 5.74) is 3.35. The van der Waals surface area contributed by atoms with E-state index in [1.165, 1.54) is 5.56 Å². The number of aromatic nitrogens is 3. The van der Waals surface area contributed by atoms with Crippen molar-refractivity contribution < 1.29 is 4.74 Å². The lowest BCUT2D eigenvalue weighted by atomic mass is 10.3. The zero-order chi connectivity index (χ0) is 17.1. The molecule has 126 valence electrons. The molecule has 1 aromatic carbocycles. The summed E-state index contributed by atoms with van der Waals surface area (Å²) in [6.07, 6.45) is 3.80. The highest BCUT2D eigenvalue weighted by atomic mass is 32.2. The van der Waals surface area contributed by atoms with Crippen LogP contribution in [0.2, 0.25) is 0 Å². The fourth-order valence-corrected chi connectivity index (χ4v) is 4.87. The van der Waals surface area contributed by atoms with Gasteiger partial charge in [-0.25, -0.2) is 9.97 Å². The van der Waals surface area contributed by atoms with Gasteiger partial charge in [-0.05, 0) is 35.7 Å². The second kappa shape index (κ2) is 7.43. The van der Waals surface area contributed by atoms with E-state index >= 15 is 0 Å². The molecule has 0 fully saturated rings. The van der Waals surface area contributed by atoms with Crippen LogP contribution in [0, 0.1) is 0 Å². The van der Waals surface area contributed by atoms with E-state index in [0.29, 0.717) is 0 Å². The standard InChI is InChI=1S/C18H15N3OS3/c1-22-16-4-2-15(3-5-16)21-8-7-19-18(21)25-12-14-11-24-17(20-14)13-6-9-23-10-13/h2-11H,12H2,1H3. The van der Waals surface area contributed by atoms with Gasteiger partial charge in [-0.15, -0.1) is 11.3 Å². The topological polar surface area (TPSA) is 39.9 Å². The molecule has 0 aliphatic carbocycles. The van der Waals surface area contributed by atoms with Crippen LogP contribution >= 0.6 is 34.4 Å². The highest BCUT2D eigenvalue weighted by Crippen LogP contribution is 2.29. The smallest absolute Gasteiger partial charge is 0.172 e. The van der Waals surface area contributed by atoms with Crippen LogP contribution in [-0.2, 0) is 5.75 Å². The van der Waals surface area contributed by atoms with Gasteiger partial charge in [-0.2, -0.15) is 11.3 Å². The van der Waals surface area contributed by atoms with Crippen LogP contribution < -0.4 is 4.74 Å². The van der Waals surface area contributed by atoms with Crippen LogP contribution in [-0.4, -0.2) is 21.6 Å². The first-order valence-corrected chi connectivity index (χ1v) is 10.4. The van der Waals surface area contributed by atoms with E-state index < -0.39 is 0 Å². The van der Waals surface area contributed by atoms with Gasteiger partial charge in [-0.3, -0.25) is 4.57 Å². The maximum Gasteiger partial charge on any atom is 0.172 e. The molecule has 0 aliphatic rings. The zero-order valence-corrected chi connectivity index (χ0v) is 15.9. The van der Waals surface area contributed by atoms with Gasteiger partial charge in [0.25, 0.3) is 0 Å². The molecule has 7 heteroatoms. The zero-order valence-electron chi connectivity index (χ0n) is 13.5. The number of hydrogen-bond donors (Lipinski definition) is 0. The van der Waals surface area contributed by atoms with Gasteiger partial charge in [0.2, 0.25) is 0 Å². The van der Waals surface area contributed by atoms with E-state index in [0.717, 1.165) is 33.0 Å². The summed E-state index contributed by atoms with van der Waals surface area (Å²) in [5, 5.41) is 8.37. The summed E-state index contributed by atoms with van der Waals surface area (Å²) in [6, 6.07) is 10.1. The molecule has 0 unspecified atom stereocenters. The molecule has 0 atom stereocenters. The number of imidazole rings is 1. The maximum absolute atomic E-state index is 5.22. The number of thiazole rings is 1. The Kier molecular flexibility index (Phi) is 4.87. The third-order valence-electron chi connectivity index (χ3n) is 3.63. The summed E-state index contributed by atoms with van der Waals surface area (Å²) in [4.78, 5) is 9.21. The van der Waals surface area contributed by atoms with Crippen LogP contribution in [0.3, 0.4) is 0 Å². The number of hydrogen-bond acceptors (Lipinski definition) is 6. The monoisotopic (exact) mass is 385 g/mol. The molecule has 0 spiro atoms. The maximum atomic E-state index is 5.22. The molecule has 3 aromatic heterocycles. The SMILES string of the molecule is COc1ccc(-n2ccnc2SCc2csc(-c3ccsc3)n2)cc1. The number of thiophene rings is 1. The summed E-state index contributed by atoms with van der Waals surface area (Å²) in [7, 11) is 1.67. The molecule has 0 amide bonds. The molecule has 0 aliphatic heterocycles. The van der Waals surface area contributed by atoms with E-state index in [1.807, 2.05) is 36.7 Å². The Morgan fingerprint density at radius 1 is 1.16 bits per heavy atom. The van der Waals surface area contributed by atoms with Gasteiger partial charge in [-0.1, -0.05) is 11.8 Å². The lowest BCUT2D eigenvalue weighted by Gasteiger charge is -2.07. The number of rotatable bonds is 6. The Hall–Kier alpha value is -2.09.